The molecule has 0 unspecified atom stereocenters. The van der Waals surface area contributed by atoms with Crippen LogP contribution in [0, 0.1) is 12.8 Å². The van der Waals surface area contributed by atoms with E-state index < -0.39 is 15.8 Å². The highest BCUT2D eigenvalue weighted by atomic mass is 32.2. The number of aryl methyl sites for hydroxylation is 3. The highest BCUT2D eigenvalue weighted by Gasteiger charge is 2.38. The number of Topliss-reactive ketones (excluding diaryl/α,β-unsaturated/α-hetero) is 2. The fraction of sp³-hybridized carbons (Fsp3) is 0.600. The molecule has 0 aliphatic heterocycles. The number of carbonyl (C=O) groups excluding carboxylic acids is 2. The maximum Gasteiger partial charge on any atom is 0.148 e. The van der Waals surface area contributed by atoms with E-state index >= 15 is 0 Å². The van der Waals surface area contributed by atoms with E-state index in [1.807, 2.05) is 20.8 Å². The van der Waals surface area contributed by atoms with Crippen molar-refractivity contribution >= 4 is 21.4 Å². The Balaban J connectivity index is 2.31. The van der Waals surface area contributed by atoms with Crippen LogP contribution in [0.1, 0.15) is 61.3 Å². The molecule has 0 atom stereocenters. The Morgan fingerprint density at radius 2 is 1.48 bits per heavy atom. The lowest BCUT2D eigenvalue weighted by Crippen LogP contribution is -2.33. The lowest BCUT2D eigenvalue weighted by molar-refractivity contribution is -0.133. The second kappa shape index (κ2) is 7.81. The van der Waals surface area contributed by atoms with Gasteiger partial charge in [0.25, 0.3) is 0 Å². The van der Waals surface area contributed by atoms with Crippen LogP contribution in [0.5, 0.6) is 0 Å². The number of hydrogen-bond acceptors (Lipinski definition) is 4. The molecule has 4 nitrogen and oxygen atoms in total. The van der Waals surface area contributed by atoms with Gasteiger partial charge in [-0.2, -0.15) is 0 Å². The molecule has 0 heterocycles. The van der Waals surface area contributed by atoms with Crippen molar-refractivity contribution in [1.82, 2.24) is 0 Å². The molecular weight excluding hydrogens is 336 g/mol. The quantitative estimate of drug-likeness (QED) is 0.727. The van der Waals surface area contributed by atoms with E-state index in [1.54, 1.807) is 0 Å². The third-order valence-electron chi connectivity index (χ3n) is 5.07. The summed E-state index contributed by atoms with van der Waals surface area (Å²) in [5.41, 5.74) is 4.22. The summed E-state index contributed by atoms with van der Waals surface area (Å²) in [6, 6.07) is 4.15. The fourth-order valence-electron chi connectivity index (χ4n) is 3.87. The molecule has 138 valence electrons. The molecule has 25 heavy (non-hydrogen) atoms. The minimum Gasteiger partial charge on any atom is -0.299 e. The Hall–Kier alpha value is -1.49. The number of rotatable bonds is 6. The van der Waals surface area contributed by atoms with Gasteiger partial charge in [0.2, 0.25) is 0 Å². The zero-order valence-electron chi connectivity index (χ0n) is 15.6. The largest absolute Gasteiger partial charge is 0.299 e. The first-order valence-corrected chi connectivity index (χ1v) is 11.1. The van der Waals surface area contributed by atoms with Gasteiger partial charge in [-0.1, -0.05) is 31.5 Å². The Morgan fingerprint density at radius 1 is 1.00 bits per heavy atom. The van der Waals surface area contributed by atoms with Crippen LogP contribution in [0.4, 0.5) is 0 Å². The van der Waals surface area contributed by atoms with Crippen molar-refractivity contribution in [3.8, 4) is 0 Å². The molecule has 0 spiro atoms. The number of ketones is 2. The maximum atomic E-state index is 12.8. The van der Waals surface area contributed by atoms with Crippen molar-refractivity contribution in [2.24, 2.45) is 5.92 Å². The van der Waals surface area contributed by atoms with Crippen molar-refractivity contribution in [3.05, 3.63) is 34.4 Å². The molecular formula is C20H28O4S. The minimum atomic E-state index is -3.07. The topological polar surface area (TPSA) is 68.3 Å². The van der Waals surface area contributed by atoms with Gasteiger partial charge in [-0.3, -0.25) is 9.59 Å². The summed E-state index contributed by atoms with van der Waals surface area (Å²) >= 11 is 0. The van der Waals surface area contributed by atoms with Crippen LogP contribution in [-0.4, -0.2) is 32.0 Å². The molecule has 1 aromatic rings. The zero-order valence-corrected chi connectivity index (χ0v) is 16.4. The molecule has 5 heteroatoms. The summed E-state index contributed by atoms with van der Waals surface area (Å²) < 4.78 is 22.7. The third-order valence-corrected chi connectivity index (χ3v) is 6.04. The summed E-state index contributed by atoms with van der Waals surface area (Å²) in [5.74, 6) is -0.883. The molecule has 0 N–H and O–H groups in total. The van der Waals surface area contributed by atoms with Crippen LogP contribution in [0.25, 0.3) is 0 Å². The summed E-state index contributed by atoms with van der Waals surface area (Å²) in [7, 11) is -3.07. The highest BCUT2D eigenvalue weighted by Crippen LogP contribution is 2.36. The lowest BCUT2D eigenvalue weighted by Gasteiger charge is -2.29. The van der Waals surface area contributed by atoms with Gasteiger partial charge in [0, 0.05) is 19.1 Å². The molecule has 0 saturated heterocycles. The van der Waals surface area contributed by atoms with E-state index in [-0.39, 0.29) is 23.2 Å². The zero-order chi connectivity index (χ0) is 18.8. The average Bonchev–Trinajstić information content (AvgIpc) is 2.52. The molecule has 0 amide bonds. The van der Waals surface area contributed by atoms with Crippen molar-refractivity contribution in [1.29, 1.82) is 0 Å². The molecule has 0 aromatic heterocycles. The van der Waals surface area contributed by atoms with Crippen LogP contribution < -0.4 is 0 Å². The summed E-state index contributed by atoms with van der Waals surface area (Å²) in [4.78, 5) is 25.6. The second-order valence-electron chi connectivity index (χ2n) is 7.26. The molecule has 1 aliphatic carbocycles. The number of sulfone groups is 1. The van der Waals surface area contributed by atoms with Crippen molar-refractivity contribution in [2.45, 2.75) is 58.8 Å². The summed E-state index contributed by atoms with van der Waals surface area (Å²) in [5, 5.41) is 0. The lowest BCUT2D eigenvalue weighted by atomic mass is 9.73. The summed E-state index contributed by atoms with van der Waals surface area (Å²) in [6.45, 7) is 6.13. The molecule has 0 bridgehead atoms. The van der Waals surface area contributed by atoms with E-state index in [0.717, 1.165) is 35.1 Å². The normalized spacial score (nSPS) is 21.6. The SMILES string of the molecule is CCc1cc(C)cc(CC)c1C1C(=O)CC(CCS(C)(=O)=O)CC1=O. The summed E-state index contributed by atoms with van der Waals surface area (Å²) in [6.07, 6.45) is 3.75. The molecule has 0 radical (unpaired) electrons. The van der Waals surface area contributed by atoms with E-state index in [4.69, 9.17) is 0 Å². The van der Waals surface area contributed by atoms with Gasteiger partial charge in [0.1, 0.15) is 27.3 Å². The Labute approximate surface area is 150 Å². The van der Waals surface area contributed by atoms with Gasteiger partial charge in [0.15, 0.2) is 0 Å². The van der Waals surface area contributed by atoms with Crippen molar-refractivity contribution < 1.29 is 18.0 Å². The Bertz CT molecular complexity index is 734. The van der Waals surface area contributed by atoms with E-state index in [9.17, 15) is 18.0 Å². The first kappa shape index (κ1) is 19.8. The first-order valence-electron chi connectivity index (χ1n) is 9.01. The number of hydrogen-bond donors (Lipinski definition) is 0. The monoisotopic (exact) mass is 364 g/mol. The molecule has 1 saturated carbocycles. The molecule has 2 rings (SSSR count). The predicted molar refractivity (Wildman–Crippen MR) is 99.7 cm³/mol. The van der Waals surface area contributed by atoms with Crippen molar-refractivity contribution in [3.63, 3.8) is 0 Å². The van der Waals surface area contributed by atoms with Gasteiger partial charge in [-0.15, -0.1) is 0 Å². The predicted octanol–water partition coefficient (Wildman–Crippen LogP) is 3.19. The van der Waals surface area contributed by atoms with Gasteiger partial charge >= 0.3 is 0 Å². The van der Waals surface area contributed by atoms with Crippen LogP contribution in [-0.2, 0) is 32.3 Å². The van der Waals surface area contributed by atoms with E-state index in [1.165, 1.54) is 6.26 Å². The smallest absolute Gasteiger partial charge is 0.148 e. The average molecular weight is 365 g/mol. The first-order chi connectivity index (χ1) is 11.7. The van der Waals surface area contributed by atoms with Crippen molar-refractivity contribution in [2.75, 3.05) is 12.0 Å². The Kier molecular flexibility index (Phi) is 6.20. The van der Waals surface area contributed by atoms with Crippen LogP contribution in [0.3, 0.4) is 0 Å². The number of carbonyl (C=O) groups is 2. The van der Waals surface area contributed by atoms with Gasteiger partial charge < -0.3 is 0 Å². The second-order valence-corrected chi connectivity index (χ2v) is 9.52. The third kappa shape index (κ3) is 4.78. The molecule has 1 aromatic carbocycles. The van der Waals surface area contributed by atoms with Crippen LogP contribution in [0.2, 0.25) is 0 Å². The highest BCUT2D eigenvalue weighted by molar-refractivity contribution is 7.90. The van der Waals surface area contributed by atoms with Gasteiger partial charge in [-0.05, 0) is 48.8 Å². The standard InChI is InChI=1S/C20H28O4S/c1-5-15-9-13(3)10-16(6-2)19(15)20-17(21)11-14(12-18(20)22)7-8-25(4,23)24/h9-10,14,20H,5-8,11-12H2,1-4H3. The van der Waals surface area contributed by atoms with Gasteiger partial charge in [0.05, 0.1) is 5.75 Å². The van der Waals surface area contributed by atoms with Gasteiger partial charge in [-0.25, -0.2) is 8.42 Å². The Morgan fingerprint density at radius 3 is 1.88 bits per heavy atom. The maximum absolute atomic E-state index is 12.8. The molecule has 1 aliphatic rings. The van der Waals surface area contributed by atoms with Crippen LogP contribution in [0.15, 0.2) is 12.1 Å². The van der Waals surface area contributed by atoms with Crippen LogP contribution >= 0.6 is 0 Å². The minimum absolute atomic E-state index is 0.0356. The van der Waals surface area contributed by atoms with E-state index in [0.29, 0.717) is 19.3 Å². The fourth-order valence-corrected chi connectivity index (χ4v) is 4.63. The molecule has 1 fully saturated rings. The number of benzene rings is 1. The van der Waals surface area contributed by atoms with E-state index in [2.05, 4.69) is 12.1 Å².